The zero-order valence-corrected chi connectivity index (χ0v) is 14.9. The summed E-state index contributed by atoms with van der Waals surface area (Å²) in [4.78, 5) is 0. The van der Waals surface area contributed by atoms with Gasteiger partial charge in [0.1, 0.15) is 18.9 Å². The Morgan fingerprint density at radius 1 is 0.800 bits per heavy atom. The van der Waals surface area contributed by atoms with Gasteiger partial charge < -0.3 is 9.22 Å². The van der Waals surface area contributed by atoms with Crippen molar-refractivity contribution in [2.24, 2.45) is 5.92 Å². The van der Waals surface area contributed by atoms with Gasteiger partial charge >= 0.3 is 0 Å². The van der Waals surface area contributed by atoms with E-state index >= 15 is 0 Å². The van der Waals surface area contributed by atoms with E-state index in [9.17, 15) is 0 Å². The van der Waals surface area contributed by atoms with Crippen molar-refractivity contribution in [3.05, 3.63) is 65.7 Å². The zero-order valence-electron chi connectivity index (χ0n) is 14.9. The molecule has 0 saturated carbocycles. The minimum atomic E-state index is 0.837. The summed E-state index contributed by atoms with van der Waals surface area (Å²) >= 11 is 0. The Morgan fingerprint density at radius 3 is 2.04 bits per heavy atom. The first-order chi connectivity index (χ1) is 12.3. The van der Waals surface area contributed by atoms with E-state index in [0.717, 1.165) is 18.3 Å². The minimum Gasteiger partial charge on any atom is -0.488 e. The lowest BCUT2D eigenvalue weighted by atomic mass is 9.86. The van der Waals surface area contributed by atoms with Crippen LogP contribution in [0.4, 0.5) is 0 Å². The van der Waals surface area contributed by atoms with Crippen LogP contribution >= 0.6 is 0 Å². The summed E-state index contributed by atoms with van der Waals surface area (Å²) in [5.74, 6) is 2.01. The molecule has 2 aromatic carbocycles. The Balaban J connectivity index is 1.28. The van der Waals surface area contributed by atoms with Gasteiger partial charge in [-0.15, -0.1) is 0 Å². The Labute approximate surface area is 151 Å². The molecule has 0 atom stereocenters. The summed E-state index contributed by atoms with van der Waals surface area (Å²) in [6, 6.07) is 18.8. The van der Waals surface area contributed by atoms with Crippen LogP contribution in [-0.4, -0.2) is 37.3 Å². The molecule has 2 nitrogen and oxygen atoms in total. The smallest absolute Gasteiger partial charge is 0.137 e. The van der Waals surface area contributed by atoms with Gasteiger partial charge in [-0.2, -0.15) is 0 Å². The molecule has 3 fully saturated rings. The molecular formula is C23H28NO+. The van der Waals surface area contributed by atoms with E-state index in [1.54, 1.807) is 0 Å². The van der Waals surface area contributed by atoms with Crippen LogP contribution in [-0.2, 0) is 0 Å². The maximum absolute atomic E-state index is 6.03. The summed E-state index contributed by atoms with van der Waals surface area (Å²) in [5, 5.41) is 0. The van der Waals surface area contributed by atoms with Crippen LogP contribution in [0, 0.1) is 5.92 Å². The molecule has 0 radical (unpaired) electrons. The number of nitrogens with zero attached hydrogens (tertiary/aromatic N) is 1. The van der Waals surface area contributed by atoms with Crippen molar-refractivity contribution in [1.29, 1.82) is 0 Å². The van der Waals surface area contributed by atoms with Crippen molar-refractivity contribution in [3.63, 3.8) is 0 Å². The summed E-state index contributed by atoms with van der Waals surface area (Å²) in [6.45, 7) is 6.12. The molecule has 0 aliphatic carbocycles. The van der Waals surface area contributed by atoms with Gasteiger partial charge in [0.2, 0.25) is 0 Å². The van der Waals surface area contributed by atoms with Crippen LogP contribution in [0.15, 0.2) is 54.6 Å². The van der Waals surface area contributed by atoms with Gasteiger partial charge in [0.25, 0.3) is 0 Å². The van der Waals surface area contributed by atoms with E-state index in [1.807, 2.05) is 6.07 Å². The maximum Gasteiger partial charge on any atom is 0.137 e. The predicted molar refractivity (Wildman–Crippen MR) is 104 cm³/mol. The molecule has 3 saturated heterocycles. The van der Waals surface area contributed by atoms with Gasteiger partial charge in [-0.1, -0.05) is 54.6 Å². The number of quaternary nitrogens is 1. The molecule has 3 aliphatic rings. The van der Waals surface area contributed by atoms with E-state index in [4.69, 9.17) is 4.74 Å². The first-order valence-corrected chi connectivity index (χ1v) is 9.63. The number of hydrogen-bond acceptors (Lipinski definition) is 1. The second-order valence-electron chi connectivity index (χ2n) is 7.63. The molecule has 25 heavy (non-hydrogen) atoms. The Hall–Kier alpha value is -2.06. The third-order valence-corrected chi connectivity index (χ3v) is 6.02. The molecule has 5 rings (SSSR count). The van der Waals surface area contributed by atoms with E-state index in [-0.39, 0.29) is 0 Å². The predicted octanol–water partition coefficient (Wildman–Crippen LogP) is 4.87. The number of rotatable bonds is 6. The normalized spacial score (nSPS) is 25.4. The highest BCUT2D eigenvalue weighted by Crippen LogP contribution is 2.33. The third-order valence-electron chi connectivity index (χ3n) is 6.02. The van der Waals surface area contributed by atoms with Crippen LogP contribution in [0.25, 0.3) is 12.2 Å². The fourth-order valence-electron chi connectivity index (χ4n) is 4.26. The Kier molecular flexibility index (Phi) is 4.89. The molecule has 2 heteroatoms. The fourth-order valence-corrected chi connectivity index (χ4v) is 4.26. The van der Waals surface area contributed by atoms with Gasteiger partial charge in [-0.3, -0.25) is 0 Å². The summed E-state index contributed by atoms with van der Waals surface area (Å²) < 4.78 is 7.33. The van der Waals surface area contributed by atoms with E-state index in [0.29, 0.717) is 0 Å². The minimum absolute atomic E-state index is 0.837. The molecule has 3 aliphatic heterocycles. The Bertz CT molecular complexity index is 683. The van der Waals surface area contributed by atoms with Crippen LogP contribution in [0.2, 0.25) is 0 Å². The second kappa shape index (κ2) is 7.45. The van der Waals surface area contributed by atoms with Crippen molar-refractivity contribution >= 4 is 12.2 Å². The average molecular weight is 334 g/mol. The lowest BCUT2D eigenvalue weighted by Gasteiger charge is -2.49. The average Bonchev–Trinajstić information content (AvgIpc) is 2.69. The first kappa shape index (κ1) is 16.4. The van der Waals surface area contributed by atoms with Crippen molar-refractivity contribution in [2.75, 3.05) is 32.8 Å². The second-order valence-corrected chi connectivity index (χ2v) is 7.63. The van der Waals surface area contributed by atoms with Crippen LogP contribution in [0.5, 0.6) is 5.75 Å². The van der Waals surface area contributed by atoms with Gasteiger partial charge in [-0.25, -0.2) is 0 Å². The number of ether oxygens (including phenoxy) is 1. The largest absolute Gasteiger partial charge is 0.488 e. The topological polar surface area (TPSA) is 9.23 Å². The standard InChI is InChI=1S/C23H28NO/c1-2-4-20(5-3-1)6-7-21-8-10-23(11-9-21)25-19-18-24-15-12-22(13-16-24)14-17-24/h1-11,22H,12-19H2/q+1/b7-6+. The van der Waals surface area contributed by atoms with E-state index < -0.39 is 0 Å². The quantitative estimate of drug-likeness (QED) is 0.541. The summed E-state index contributed by atoms with van der Waals surface area (Å²) in [7, 11) is 0. The first-order valence-electron chi connectivity index (χ1n) is 9.63. The third kappa shape index (κ3) is 4.13. The van der Waals surface area contributed by atoms with Crippen molar-refractivity contribution < 1.29 is 9.22 Å². The summed E-state index contributed by atoms with van der Waals surface area (Å²) in [6.07, 6.45) is 8.59. The Morgan fingerprint density at radius 2 is 1.40 bits per heavy atom. The van der Waals surface area contributed by atoms with Crippen LogP contribution in [0.1, 0.15) is 30.4 Å². The zero-order chi connectivity index (χ0) is 17.0. The molecular weight excluding hydrogens is 306 g/mol. The number of piperidine rings is 3. The lowest BCUT2D eigenvalue weighted by molar-refractivity contribution is -0.942. The van der Waals surface area contributed by atoms with Gasteiger partial charge in [0.05, 0.1) is 19.6 Å². The van der Waals surface area contributed by atoms with Gasteiger partial charge in [0.15, 0.2) is 0 Å². The van der Waals surface area contributed by atoms with Crippen LogP contribution < -0.4 is 4.74 Å². The highest BCUT2D eigenvalue weighted by atomic mass is 16.5. The molecule has 0 spiro atoms. The highest BCUT2D eigenvalue weighted by molar-refractivity contribution is 5.69. The SMILES string of the molecule is C(=C\c1ccc(OCC[N+]23CCC(CC2)CC3)cc1)/c1ccccc1. The lowest BCUT2D eigenvalue weighted by Crippen LogP contribution is -2.59. The molecule has 3 heterocycles. The van der Waals surface area contributed by atoms with Crippen LogP contribution in [0.3, 0.4) is 0 Å². The molecule has 0 aromatic heterocycles. The molecule has 0 unspecified atom stereocenters. The molecule has 130 valence electrons. The van der Waals surface area contributed by atoms with Gasteiger partial charge in [0, 0.05) is 0 Å². The molecule has 0 amide bonds. The molecule has 2 aromatic rings. The number of fused-ring (bicyclic) bond motifs is 3. The van der Waals surface area contributed by atoms with E-state index in [2.05, 4.69) is 60.7 Å². The van der Waals surface area contributed by atoms with Crippen molar-refractivity contribution in [2.45, 2.75) is 19.3 Å². The maximum atomic E-state index is 6.03. The summed E-state index contributed by atoms with van der Waals surface area (Å²) in [5.41, 5.74) is 2.43. The fraction of sp³-hybridized carbons (Fsp3) is 0.391. The molecule has 2 bridgehead atoms. The molecule has 0 N–H and O–H groups in total. The highest BCUT2D eigenvalue weighted by Gasteiger charge is 2.39. The number of benzene rings is 2. The van der Waals surface area contributed by atoms with E-state index in [1.165, 1.54) is 61.1 Å². The number of hydrogen-bond donors (Lipinski definition) is 0. The van der Waals surface area contributed by atoms with Crippen molar-refractivity contribution in [3.8, 4) is 5.75 Å². The monoisotopic (exact) mass is 334 g/mol. The van der Waals surface area contributed by atoms with Crippen molar-refractivity contribution in [1.82, 2.24) is 0 Å². The van der Waals surface area contributed by atoms with Gasteiger partial charge in [-0.05, 0) is 48.4 Å².